The van der Waals surface area contributed by atoms with Gasteiger partial charge in [-0.1, -0.05) is 11.6 Å². The maximum atomic E-state index is 15.0. The average molecular weight is 534 g/mol. The quantitative estimate of drug-likeness (QED) is 0.214. The molecule has 0 bridgehead atoms. The van der Waals surface area contributed by atoms with E-state index in [2.05, 4.69) is 10.1 Å². The van der Waals surface area contributed by atoms with Crippen molar-refractivity contribution in [2.24, 2.45) is 0 Å². The number of methoxy groups -OCH3 is 1. The van der Waals surface area contributed by atoms with Gasteiger partial charge in [0.2, 0.25) is 0 Å². The highest BCUT2D eigenvalue weighted by molar-refractivity contribution is 6.30. The molecule has 1 fully saturated rings. The zero-order valence-electron chi connectivity index (χ0n) is 19.5. The van der Waals surface area contributed by atoms with Gasteiger partial charge in [0.1, 0.15) is 22.8 Å². The van der Waals surface area contributed by atoms with Gasteiger partial charge in [-0.2, -0.15) is 9.61 Å². The molecule has 192 valence electrons. The zero-order chi connectivity index (χ0) is 26.3. The molecule has 0 saturated carbocycles. The van der Waals surface area contributed by atoms with Crippen LogP contribution in [0.3, 0.4) is 0 Å². The fraction of sp³-hybridized carbons (Fsp3) is 0.240. The number of fused-ring (bicyclic) bond motifs is 1. The van der Waals surface area contributed by atoms with Crippen molar-refractivity contribution in [3.63, 3.8) is 0 Å². The summed E-state index contributed by atoms with van der Waals surface area (Å²) in [6.07, 6.45) is 1.28. The molecule has 1 aliphatic heterocycles. The van der Waals surface area contributed by atoms with E-state index >= 15 is 4.39 Å². The van der Waals surface area contributed by atoms with E-state index in [1.165, 1.54) is 13.3 Å². The monoisotopic (exact) mass is 533 g/mol. The minimum Gasteiger partial charge on any atom is -0.497 e. The number of benzene rings is 2. The van der Waals surface area contributed by atoms with Crippen molar-refractivity contribution in [2.75, 3.05) is 33.3 Å². The molecule has 0 atom stereocenters. The number of carbonyl (C=O) groups is 1. The van der Waals surface area contributed by atoms with Gasteiger partial charge in [0.15, 0.2) is 28.3 Å². The number of rotatable bonds is 5. The van der Waals surface area contributed by atoms with E-state index in [0.717, 1.165) is 10.6 Å². The van der Waals surface area contributed by atoms with Crippen molar-refractivity contribution in [3.05, 3.63) is 82.1 Å². The van der Waals surface area contributed by atoms with Crippen LogP contribution in [0.2, 0.25) is 5.15 Å². The van der Waals surface area contributed by atoms with Crippen LogP contribution in [0.5, 0.6) is 5.75 Å². The first-order valence-electron chi connectivity index (χ1n) is 11.3. The van der Waals surface area contributed by atoms with E-state index in [1.54, 1.807) is 34.1 Å². The third-order valence-corrected chi connectivity index (χ3v) is 6.58. The van der Waals surface area contributed by atoms with E-state index < -0.39 is 23.3 Å². The predicted molar refractivity (Wildman–Crippen MR) is 127 cm³/mol. The summed E-state index contributed by atoms with van der Waals surface area (Å²) in [6, 6.07) is 8.02. The highest BCUT2D eigenvalue weighted by Gasteiger charge is 2.28. The molecule has 0 spiro atoms. The zero-order valence-corrected chi connectivity index (χ0v) is 20.3. The standard InChI is InChI=1S/C25H20ClF4N5O2/c1-37-17-4-2-14(3-5-17)22-21(30)23(26)35-24(32-22)18(12-31-35)25(36)34-8-6-33(7-9-34)13-15-10-16(27)11-19(28)20(15)29/h2-5,10-12H,6-9,13H2,1H3. The summed E-state index contributed by atoms with van der Waals surface area (Å²) in [5, 5.41) is 3.73. The molecule has 12 heteroatoms. The SMILES string of the molecule is COc1ccc(-c2nc3c(C(=O)N4CCN(Cc5cc(F)cc(F)c5F)CC4)cnn3c(Cl)c2F)cc1. The molecule has 1 amide bonds. The van der Waals surface area contributed by atoms with E-state index in [9.17, 15) is 18.0 Å². The smallest absolute Gasteiger partial charge is 0.259 e. The van der Waals surface area contributed by atoms with Gasteiger partial charge in [0, 0.05) is 49.9 Å². The first kappa shape index (κ1) is 25.0. The number of hydrogen-bond donors (Lipinski definition) is 0. The Morgan fingerprint density at radius 1 is 1.03 bits per heavy atom. The molecule has 3 heterocycles. The second kappa shape index (κ2) is 9.98. The van der Waals surface area contributed by atoms with Gasteiger partial charge in [0.05, 0.1) is 13.3 Å². The van der Waals surface area contributed by atoms with Crippen LogP contribution >= 0.6 is 11.6 Å². The Morgan fingerprint density at radius 2 is 1.73 bits per heavy atom. The molecule has 2 aromatic carbocycles. The molecular formula is C25H20ClF4N5O2. The lowest BCUT2D eigenvalue weighted by atomic mass is 10.1. The maximum absolute atomic E-state index is 15.0. The lowest BCUT2D eigenvalue weighted by molar-refractivity contribution is 0.0628. The molecule has 0 N–H and O–H groups in total. The summed E-state index contributed by atoms with van der Waals surface area (Å²) in [5.74, 6) is -3.76. The molecule has 0 aliphatic carbocycles. The number of halogens is 5. The second-order valence-corrected chi connectivity index (χ2v) is 8.87. The number of carbonyl (C=O) groups excluding carboxylic acids is 1. The Kier molecular flexibility index (Phi) is 6.74. The summed E-state index contributed by atoms with van der Waals surface area (Å²) < 4.78 is 62.3. The Hall–Kier alpha value is -3.70. The summed E-state index contributed by atoms with van der Waals surface area (Å²) in [5.41, 5.74) is 0.554. The van der Waals surface area contributed by atoms with Crippen LogP contribution in [-0.2, 0) is 6.54 Å². The molecular weight excluding hydrogens is 514 g/mol. The van der Waals surface area contributed by atoms with E-state index in [4.69, 9.17) is 16.3 Å². The molecule has 4 aromatic rings. The topological polar surface area (TPSA) is 63.0 Å². The summed E-state index contributed by atoms with van der Waals surface area (Å²) in [4.78, 5) is 21.0. The molecule has 2 aromatic heterocycles. The number of aromatic nitrogens is 3. The highest BCUT2D eigenvalue weighted by Crippen LogP contribution is 2.29. The van der Waals surface area contributed by atoms with E-state index in [1.807, 2.05) is 0 Å². The van der Waals surface area contributed by atoms with Crippen LogP contribution < -0.4 is 4.74 Å². The van der Waals surface area contributed by atoms with Crippen molar-refractivity contribution >= 4 is 23.2 Å². The number of hydrogen-bond acceptors (Lipinski definition) is 5. The van der Waals surface area contributed by atoms with Crippen LogP contribution in [0.25, 0.3) is 16.9 Å². The Bertz CT molecular complexity index is 1490. The first-order chi connectivity index (χ1) is 17.8. The largest absolute Gasteiger partial charge is 0.497 e. The molecule has 0 radical (unpaired) electrons. The minimum absolute atomic E-state index is 0.000913. The van der Waals surface area contributed by atoms with Crippen molar-refractivity contribution in [1.29, 1.82) is 0 Å². The van der Waals surface area contributed by atoms with Gasteiger partial charge in [-0.25, -0.2) is 22.5 Å². The first-order valence-corrected chi connectivity index (χ1v) is 11.7. The minimum atomic E-state index is -1.24. The van der Waals surface area contributed by atoms with Crippen molar-refractivity contribution in [2.45, 2.75) is 6.54 Å². The molecule has 1 aliphatic rings. The Morgan fingerprint density at radius 3 is 2.41 bits per heavy atom. The number of nitrogens with zero attached hydrogens (tertiary/aromatic N) is 5. The second-order valence-electron chi connectivity index (χ2n) is 8.52. The van der Waals surface area contributed by atoms with Crippen LogP contribution in [0.1, 0.15) is 15.9 Å². The number of piperazine rings is 1. The number of ether oxygens (including phenoxy) is 1. The van der Waals surface area contributed by atoms with Crippen molar-refractivity contribution in [1.82, 2.24) is 24.4 Å². The van der Waals surface area contributed by atoms with Gasteiger partial charge in [-0.05, 0) is 30.3 Å². The maximum Gasteiger partial charge on any atom is 0.259 e. The van der Waals surface area contributed by atoms with Crippen molar-refractivity contribution in [3.8, 4) is 17.0 Å². The van der Waals surface area contributed by atoms with Crippen LogP contribution in [-0.4, -0.2) is 63.6 Å². The van der Waals surface area contributed by atoms with Crippen LogP contribution in [0, 0.1) is 23.3 Å². The summed E-state index contributed by atoms with van der Waals surface area (Å²) in [7, 11) is 1.51. The molecule has 0 unspecified atom stereocenters. The lowest BCUT2D eigenvalue weighted by Crippen LogP contribution is -2.48. The molecule has 1 saturated heterocycles. The Labute approximate surface area is 213 Å². The average Bonchev–Trinajstić information content (AvgIpc) is 3.33. The van der Waals surface area contributed by atoms with Gasteiger partial charge in [-0.15, -0.1) is 0 Å². The third-order valence-electron chi connectivity index (χ3n) is 6.25. The van der Waals surface area contributed by atoms with Crippen LogP contribution in [0.15, 0.2) is 42.6 Å². The van der Waals surface area contributed by atoms with Gasteiger partial charge in [0.25, 0.3) is 5.91 Å². The summed E-state index contributed by atoms with van der Waals surface area (Å²) >= 11 is 6.22. The third kappa shape index (κ3) is 4.72. The molecule has 7 nitrogen and oxygen atoms in total. The highest BCUT2D eigenvalue weighted by atomic mass is 35.5. The van der Waals surface area contributed by atoms with Crippen LogP contribution in [0.4, 0.5) is 17.6 Å². The lowest BCUT2D eigenvalue weighted by Gasteiger charge is -2.34. The van der Waals surface area contributed by atoms with Gasteiger partial charge in [-0.3, -0.25) is 9.69 Å². The predicted octanol–water partition coefficient (Wildman–Crippen LogP) is 4.57. The fourth-order valence-corrected chi connectivity index (χ4v) is 4.49. The molecule has 5 rings (SSSR count). The Balaban J connectivity index is 1.36. The number of amides is 1. The van der Waals surface area contributed by atoms with E-state index in [-0.39, 0.29) is 53.2 Å². The van der Waals surface area contributed by atoms with Gasteiger partial charge >= 0.3 is 0 Å². The van der Waals surface area contributed by atoms with Gasteiger partial charge < -0.3 is 9.64 Å². The summed E-state index contributed by atoms with van der Waals surface area (Å²) in [6.45, 7) is 1.25. The fourth-order valence-electron chi connectivity index (χ4n) is 4.27. The molecule has 37 heavy (non-hydrogen) atoms. The van der Waals surface area contributed by atoms with E-state index in [0.29, 0.717) is 30.5 Å². The normalized spacial score (nSPS) is 14.4. The van der Waals surface area contributed by atoms with Crippen molar-refractivity contribution < 1.29 is 27.1 Å².